The third-order valence-electron chi connectivity index (χ3n) is 2.69. The van der Waals surface area contributed by atoms with Gasteiger partial charge in [-0.25, -0.2) is 5.43 Å². The van der Waals surface area contributed by atoms with Crippen molar-refractivity contribution < 1.29 is 9.53 Å². The molecule has 5 nitrogen and oxygen atoms in total. The fourth-order valence-corrected chi connectivity index (χ4v) is 1.89. The molecule has 0 bridgehead atoms. The maximum Gasteiger partial charge on any atom is 0.260 e. The first-order chi connectivity index (χ1) is 7.74. The molecule has 0 saturated carbocycles. The lowest BCUT2D eigenvalue weighted by Gasteiger charge is -2.33. The standard InChI is InChI=1S/C11H11N3O2/c1-7-2-3-8-9(4-7)16-6-10-12-13-11(15)5-14(8)10/h2-4H,5-6H2,1H3,(H,13,15). The zero-order valence-electron chi connectivity index (χ0n) is 8.86. The highest BCUT2D eigenvalue weighted by Crippen LogP contribution is 2.33. The van der Waals surface area contributed by atoms with Crippen LogP contribution in [0.4, 0.5) is 5.69 Å². The van der Waals surface area contributed by atoms with Crippen LogP contribution in [-0.4, -0.2) is 24.9 Å². The Kier molecular flexibility index (Phi) is 1.86. The number of hydrogen-bond donors (Lipinski definition) is 1. The molecule has 0 aliphatic carbocycles. The minimum Gasteiger partial charge on any atom is -0.483 e. The lowest BCUT2D eigenvalue weighted by atomic mass is 10.1. The van der Waals surface area contributed by atoms with Crippen LogP contribution in [-0.2, 0) is 4.79 Å². The van der Waals surface area contributed by atoms with Crippen molar-refractivity contribution in [1.29, 1.82) is 0 Å². The Morgan fingerprint density at radius 2 is 2.38 bits per heavy atom. The van der Waals surface area contributed by atoms with Crippen LogP contribution in [0.25, 0.3) is 0 Å². The van der Waals surface area contributed by atoms with Gasteiger partial charge >= 0.3 is 0 Å². The summed E-state index contributed by atoms with van der Waals surface area (Å²) < 4.78 is 5.59. The van der Waals surface area contributed by atoms with E-state index in [0.717, 1.165) is 22.8 Å². The van der Waals surface area contributed by atoms with Crippen molar-refractivity contribution >= 4 is 17.4 Å². The normalized spacial score (nSPS) is 17.9. The van der Waals surface area contributed by atoms with E-state index in [0.29, 0.717) is 13.2 Å². The third-order valence-corrected chi connectivity index (χ3v) is 2.69. The number of anilines is 1. The van der Waals surface area contributed by atoms with Gasteiger partial charge < -0.3 is 9.64 Å². The van der Waals surface area contributed by atoms with Crippen molar-refractivity contribution in [2.45, 2.75) is 6.92 Å². The maximum absolute atomic E-state index is 11.3. The molecule has 16 heavy (non-hydrogen) atoms. The predicted molar refractivity (Wildman–Crippen MR) is 59.6 cm³/mol. The van der Waals surface area contributed by atoms with Crippen LogP contribution in [0.3, 0.4) is 0 Å². The van der Waals surface area contributed by atoms with E-state index in [-0.39, 0.29) is 5.91 Å². The van der Waals surface area contributed by atoms with E-state index in [1.165, 1.54) is 0 Å². The van der Waals surface area contributed by atoms with Gasteiger partial charge in [0.1, 0.15) is 18.9 Å². The van der Waals surface area contributed by atoms with Gasteiger partial charge in [0.15, 0.2) is 5.84 Å². The van der Waals surface area contributed by atoms with E-state index in [1.807, 2.05) is 30.0 Å². The smallest absolute Gasteiger partial charge is 0.260 e. The van der Waals surface area contributed by atoms with Crippen LogP contribution in [0.15, 0.2) is 23.3 Å². The van der Waals surface area contributed by atoms with Gasteiger partial charge in [0.25, 0.3) is 5.91 Å². The Labute approximate surface area is 92.7 Å². The Morgan fingerprint density at radius 1 is 1.50 bits per heavy atom. The molecule has 1 amide bonds. The molecule has 2 aliphatic rings. The van der Waals surface area contributed by atoms with Crippen molar-refractivity contribution in [3.63, 3.8) is 0 Å². The molecule has 0 aromatic heterocycles. The number of nitrogens with one attached hydrogen (secondary N) is 1. The number of aryl methyl sites for hydroxylation is 1. The summed E-state index contributed by atoms with van der Waals surface area (Å²) in [5.74, 6) is 1.46. The highest BCUT2D eigenvalue weighted by molar-refractivity contribution is 6.07. The average molecular weight is 217 g/mol. The quantitative estimate of drug-likeness (QED) is 0.693. The molecule has 2 heterocycles. The van der Waals surface area contributed by atoms with Crippen molar-refractivity contribution in [3.8, 4) is 5.75 Å². The highest BCUT2D eigenvalue weighted by Gasteiger charge is 2.28. The number of carbonyl (C=O) groups excluding carboxylic acids is 1. The van der Waals surface area contributed by atoms with Gasteiger partial charge in [-0.1, -0.05) is 6.07 Å². The van der Waals surface area contributed by atoms with E-state index >= 15 is 0 Å². The summed E-state index contributed by atoms with van der Waals surface area (Å²) in [4.78, 5) is 13.2. The highest BCUT2D eigenvalue weighted by atomic mass is 16.5. The molecule has 0 atom stereocenters. The molecule has 1 aromatic carbocycles. The molecule has 0 radical (unpaired) electrons. The minimum absolute atomic E-state index is 0.0998. The molecular weight excluding hydrogens is 206 g/mol. The fourth-order valence-electron chi connectivity index (χ4n) is 1.89. The molecule has 1 aromatic rings. The summed E-state index contributed by atoms with van der Waals surface area (Å²) in [7, 11) is 0. The van der Waals surface area contributed by atoms with E-state index in [9.17, 15) is 4.79 Å². The first-order valence-electron chi connectivity index (χ1n) is 5.10. The third kappa shape index (κ3) is 1.32. The van der Waals surface area contributed by atoms with E-state index < -0.39 is 0 Å². The second-order valence-electron chi connectivity index (χ2n) is 3.91. The number of hydrogen-bond acceptors (Lipinski definition) is 4. The molecule has 0 fully saturated rings. The van der Waals surface area contributed by atoms with Gasteiger partial charge in [-0.15, -0.1) is 0 Å². The number of carbonyl (C=O) groups is 1. The number of benzene rings is 1. The van der Waals surface area contributed by atoms with Crippen molar-refractivity contribution in [1.82, 2.24) is 5.43 Å². The Hall–Kier alpha value is -2.04. The minimum atomic E-state index is -0.0998. The van der Waals surface area contributed by atoms with Crippen molar-refractivity contribution in [2.75, 3.05) is 18.1 Å². The molecule has 1 N–H and O–H groups in total. The monoisotopic (exact) mass is 217 g/mol. The molecule has 0 saturated heterocycles. The molecule has 3 rings (SSSR count). The van der Waals surface area contributed by atoms with Gasteiger partial charge in [-0.2, -0.15) is 5.10 Å². The first-order valence-corrected chi connectivity index (χ1v) is 5.10. The SMILES string of the molecule is Cc1ccc2c(c1)OCC1=NNC(=O)CN12. The maximum atomic E-state index is 11.3. The lowest BCUT2D eigenvalue weighted by Crippen LogP contribution is -2.49. The predicted octanol–water partition coefficient (Wildman–Crippen LogP) is 0.637. The molecule has 0 unspecified atom stereocenters. The molecule has 5 heteroatoms. The average Bonchev–Trinajstić information content (AvgIpc) is 2.28. The Morgan fingerprint density at radius 3 is 3.25 bits per heavy atom. The second kappa shape index (κ2) is 3.23. The Bertz CT molecular complexity index is 496. The number of amidine groups is 1. The van der Waals surface area contributed by atoms with E-state index in [1.54, 1.807) is 0 Å². The second-order valence-corrected chi connectivity index (χ2v) is 3.91. The van der Waals surface area contributed by atoms with Crippen molar-refractivity contribution in [3.05, 3.63) is 23.8 Å². The van der Waals surface area contributed by atoms with Crippen LogP contribution >= 0.6 is 0 Å². The summed E-state index contributed by atoms with van der Waals surface area (Å²) >= 11 is 0. The van der Waals surface area contributed by atoms with Crippen LogP contribution in [0, 0.1) is 6.92 Å². The lowest BCUT2D eigenvalue weighted by molar-refractivity contribution is -0.119. The van der Waals surface area contributed by atoms with Crippen LogP contribution in [0.1, 0.15) is 5.56 Å². The fraction of sp³-hybridized carbons (Fsp3) is 0.273. The van der Waals surface area contributed by atoms with Crippen LogP contribution in [0.2, 0.25) is 0 Å². The molecule has 82 valence electrons. The number of nitrogens with zero attached hydrogens (tertiary/aromatic N) is 2. The van der Waals surface area contributed by atoms with E-state index in [4.69, 9.17) is 4.74 Å². The van der Waals surface area contributed by atoms with Gasteiger partial charge in [0, 0.05) is 0 Å². The summed E-state index contributed by atoms with van der Waals surface area (Å²) in [5, 5.41) is 3.97. The van der Waals surface area contributed by atoms with Gasteiger partial charge in [-0.05, 0) is 24.6 Å². The summed E-state index contributed by atoms with van der Waals surface area (Å²) in [5.41, 5.74) is 4.50. The molecule has 0 spiro atoms. The topological polar surface area (TPSA) is 53.9 Å². The zero-order chi connectivity index (χ0) is 11.1. The number of ether oxygens (including phenoxy) is 1. The number of amides is 1. The first kappa shape index (κ1) is 9.21. The zero-order valence-corrected chi connectivity index (χ0v) is 8.86. The van der Waals surface area contributed by atoms with Gasteiger partial charge in [0.05, 0.1) is 5.69 Å². The van der Waals surface area contributed by atoms with Gasteiger partial charge in [0.2, 0.25) is 0 Å². The van der Waals surface area contributed by atoms with Crippen LogP contribution in [0.5, 0.6) is 5.75 Å². The number of hydrazone groups is 1. The van der Waals surface area contributed by atoms with E-state index in [2.05, 4.69) is 10.5 Å². The van der Waals surface area contributed by atoms with Gasteiger partial charge in [-0.3, -0.25) is 4.79 Å². The summed E-state index contributed by atoms with van der Waals surface area (Å²) in [6.45, 7) is 2.71. The number of fused-ring (bicyclic) bond motifs is 3. The summed E-state index contributed by atoms with van der Waals surface area (Å²) in [6, 6.07) is 5.92. The molecule has 2 aliphatic heterocycles. The number of rotatable bonds is 0. The molecular formula is C11H11N3O2. The largest absolute Gasteiger partial charge is 0.483 e. The Balaban J connectivity index is 2.08. The van der Waals surface area contributed by atoms with Crippen molar-refractivity contribution in [2.24, 2.45) is 5.10 Å². The van der Waals surface area contributed by atoms with Crippen LogP contribution < -0.4 is 15.1 Å². The summed E-state index contributed by atoms with van der Waals surface area (Å²) in [6.07, 6.45) is 0.